The third-order valence-corrected chi connectivity index (χ3v) is 13.4. The first kappa shape index (κ1) is 36.3. The Morgan fingerprint density at radius 1 is 0.328 bits per heavy atom. The second-order valence-corrected chi connectivity index (χ2v) is 16.8. The molecule has 0 radical (unpaired) electrons. The molecule has 300 valence electrons. The van der Waals surface area contributed by atoms with Gasteiger partial charge in [0.1, 0.15) is 16.8 Å². The topological polar surface area (TPSA) is 19.6 Å². The first-order valence-electron chi connectivity index (χ1n) is 22.0. The number of anilines is 6. The Balaban J connectivity index is 1.08. The number of furan rings is 1. The molecule has 0 fully saturated rings. The van der Waals surface area contributed by atoms with Crippen molar-refractivity contribution in [1.82, 2.24) is 0 Å². The minimum atomic E-state index is -0.748. The fourth-order valence-electron chi connectivity index (χ4n) is 10.7. The van der Waals surface area contributed by atoms with Gasteiger partial charge in [0.2, 0.25) is 0 Å². The van der Waals surface area contributed by atoms with E-state index in [0.717, 1.165) is 56.4 Å². The normalized spacial score (nSPS) is 14.3. The van der Waals surface area contributed by atoms with Crippen molar-refractivity contribution >= 4 is 55.9 Å². The van der Waals surface area contributed by atoms with Gasteiger partial charge in [-0.2, -0.15) is 0 Å². The largest absolute Gasteiger partial charge is 0.459 e. The highest BCUT2D eigenvalue weighted by atomic mass is 16.3. The maximum Gasteiger partial charge on any atom is 0.135 e. The lowest BCUT2D eigenvalue weighted by molar-refractivity contribution is 0.507. The Morgan fingerprint density at radius 2 is 0.844 bits per heavy atom. The molecule has 0 bridgehead atoms. The molecule has 1 spiro atoms. The Hall–Kier alpha value is -8.40. The maximum absolute atomic E-state index is 7.27. The van der Waals surface area contributed by atoms with Gasteiger partial charge in [0, 0.05) is 44.8 Å². The molecule has 64 heavy (non-hydrogen) atoms. The summed E-state index contributed by atoms with van der Waals surface area (Å²) in [6.45, 7) is 0. The zero-order valence-corrected chi connectivity index (χ0v) is 34.9. The van der Waals surface area contributed by atoms with E-state index in [1.54, 1.807) is 0 Å². The quantitative estimate of drug-likeness (QED) is 0.160. The highest BCUT2D eigenvalue weighted by Crippen LogP contribution is 2.65. The van der Waals surface area contributed by atoms with Gasteiger partial charge >= 0.3 is 0 Å². The summed E-state index contributed by atoms with van der Waals surface area (Å²) in [6.07, 6.45) is 0. The summed E-state index contributed by atoms with van der Waals surface area (Å²) in [6, 6.07) is 88.0. The Morgan fingerprint density at radius 3 is 1.61 bits per heavy atom. The molecule has 3 heteroatoms. The molecule has 1 atom stereocenters. The summed E-state index contributed by atoms with van der Waals surface area (Å²) in [5.41, 5.74) is 17.5. The number of hydrogen-bond acceptors (Lipinski definition) is 3. The molecule has 0 saturated heterocycles. The SMILES string of the molecule is c1ccc(-c2ccc(N(c3ccccc3)c3ccc4c(c3)C3(c5ccccc5-4)c4cc(N(c5ccccc5)c5cccc6ccccc56)ccc4-c4c3oc3ccccc43)cc2)cc1. The van der Waals surface area contributed by atoms with Crippen molar-refractivity contribution in [3.63, 3.8) is 0 Å². The lowest BCUT2D eigenvalue weighted by Crippen LogP contribution is -2.26. The molecule has 0 amide bonds. The number of benzene rings is 10. The van der Waals surface area contributed by atoms with Crippen molar-refractivity contribution in [2.75, 3.05) is 9.80 Å². The van der Waals surface area contributed by atoms with Crippen LogP contribution in [0.25, 0.3) is 55.1 Å². The molecule has 1 unspecified atom stereocenters. The summed E-state index contributed by atoms with van der Waals surface area (Å²) in [5.74, 6) is 0.971. The molecule has 11 aromatic rings. The van der Waals surface area contributed by atoms with E-state index in [9.17, 15) is 0 Å². The van der Waals surface area contributed by atoms with Crippen LogP contribution < -0.4 is 9.80 Å². The molecule has 0 N–H and O–H groups in total. The van der Waals surface area contributed by atoms with Gasteiger partial charge in [-0.1, -0.05) is 170 Å². The van der Waals surface area contributed by atoms with Crippen LogP contribution >= 0.6 is 0 Å². The van der Waals surface area contributed by atoms with E-state index in [1.807, 2.05) is 0 Å². The second-order valence-electron chi connectivity index (χ2n) is 16.8. The number of para-hydroxylation sites is 3. The van der Waals surface area contributed by atoms with Crippen LogP contribution in [0.4, 0.5) is 34.1 Å². The van der Waals surface area contributed by atoms with Crippen molar-refractivity contribution in [3.05, 3.63) is 265 Å². The van der Waals surface area contributed by atoms with Crippen molar-refractivity contribution in [2.24, 2.45) is 0 Å². The molecule has 2 aliphatic rings. The Labute approximate surface area is 372 Å². The summed E-state index contributed by atoms with van der Waals surface area (Å²) in [7, 11) is 0. The lowest BCUT2D eigenvalue weighted by atomic mass is 9.73. The van der Waals surface area contributed by atoms with Crippen molar-refractivity contribution in [2.45, 2.75) is 5.41 Å². The zero-order chi connectivity index (χ0) is 42.2. The Bertz CT molecular complexity index is 3550. The summed E-state index contributed by atoms with van der Waals surface area (Å²) < 4.78 is 7.27. The van der Waals surface area contributed by atoms with Crippen LogP contribution in [-0.4, -0.2) is 0 Å². The highest BCUT2D eigenvalue weighted by molar-refractivity contribution is 6.06. The lowest BCUT2D eigenvalue weighted by Gasteiger charge is -2.32. The minimum absolute atomic E-state index is 0.748. The van der Waals surface area contributed by atoms with Gasteiger partial charge in [-0.05, 0) is 123 Å². The number of rotatable bonds is 7. The standard InChI is InChI=1S/C61H40N2O/c1-4-17-41(18-5-1)42-31-33-46(34-32-42)62(44-21-6-2-7-22-44)47-35-37-51-50-26-12-14-28-54(50)61(55(51)39-47)56-40-48(36-38-52(56)59-53-27-13-15-30-58(53)64-60(59)61)63(45-23-8-3-9-24-45)57-29-16-20-43-19-10-11-25-49(43)57/h1-40H. The van der Waals surface area contributed by atoms with E-state index in [0.29, 0.717) is 0 Å². The van der Waals surface area contributed by atoms with Crippen LogP contribution in [0.2, 0.25) is 0 Å². The molecule has 0 saturated carbocycles. The van der Waals surface area contributed by atoms with Gasteiger partial charge in [-0.25, -0.2) is 0 Å². The molecule has 2 aliphatic carbocycles. The third kappa shape index (κ3) is 5.34. The number of hydrogen-bond donors (Lipinski definition) is 0. The molecule has 3 nitrogen and oxygen atoms in total. The molecule has 1 aromatic heterocycles. The van der Waals surface area contributed by atoms with Crippen LogP contribution in [0.3, 0.4) is 0 Å². The average molecular weight is 817 g/mol. The first-order chi connectivity index (χ1) is 31.8. The minimum Gasteiger partial charge on any atom is -0.459 e. The fourth-order valence-corrected chi connectivity index (χ4v) is 10.7. The molecule has 13 rings (SSSR count). The molecular formula is C61H40N2O. The van der Waals surface area contributed by atoms with Gasteiger partial charge in [-0.3, -0.25) is 0 Å². The maximum atomic E-state index is 7.27. The number of nitrogens with zero attached hydrogens (tertiary/aromatic N) is 2. The molecular weight excluding hydrogens is 777 g/mol. The molecule has 1 heterocycles. The summed E-state index contributed by atoms with van der Waals surface area (Å²) in [4.78, 5) is 4.80. The van der Waals surface area contributed by atoms with E-state index >= 15 is 0 Å². The van der Waals surface area contributed by atoms with Crippen LogP contribution in [0.1, 0.15) is 22.5 Å². The van der Waals surface area contributed by atoms with E-state index in [4.69, 9.17) is 4.42 Å². The predicted molar refractivity (Wildman–Crippen MR) is 265 cm³/mol. The van der Waals surface area contributed by atoms with Gasteiger partial charge in [0.15, 0.2) is 0 Å². The van der Waals surface area contributed by atoms with Crippen molar-refractivity contribution < 1.29 is 4.42 Å². The predicted octanol–water partition coefficient (Wildman–Crippen LogP) is 16.5. The first-order valence-corrected chi connectivity index (χ1v) is 22.0. The molecule has 10 aromatic carbocycles. The summed E-state index contributed by atoms with van der Waals surface area (Å²) in [5, 5.41) is 3.53. The van der Waals surface area contributed by atoms with Gasteiger partial charge in [-0.15, -0.1) is 0 Å². The van der Waals surface area contributed by atoms with Gasteiger partial charge in [0.05, 0.1) is 5.69 Å². The smallest absolute Gasteiger partial charge is 0.135 e. The monoisotopic (exact) mass is 816 g/mol. The van der Waals surface area contributed by atoms with Crippen LogP contribution in [-0.2, 0) is 5.41 Å². The molecule has 0 aliphatic heterocycles. The number of fused-ring (bicyclic) bond motifs is 13. The van der Waals surface area contributed by atoms with E-state index in [1.165, 1.54) is 55.3 Å². The van der Waals surface area contributed by atoms with Crippen LogP contribution in [0.15, 0.2) is 247 Å². The highest BCUT2D eigenvalue weighted by Gasteiger charge is 2.55. The second kappa shape index (κ2) is 14.3. The van der Waals surface area contributed by atoms with Crippen molar-refractivity contribution in [3.8, 4) is 33.4 Å². The fraction of sp³-hybridized carbons (Fsp3) is 0.0164. The Kier molecular flexibility index (Phi) is 8.13. The van der Waals surface area contributed by atoms with Crippen molar-refractivity contribution in [1.29, 1.82) is 0 Å². The average Bonchev–Trinajstić information content (AvgIpc) is 3.99. The van der Waals surface area contributed by atoms with E-state index in [-0.39, 0.29) is 0 Å². The van der Waals surface area contributed by atoms with Crippen LogP contribution in [0, 0.1) is 0 Å². The zero-order valence-electron chi connectivity index (χ0n) is 34.9. The van der Waals surface area contributed by atoms with Crippen LogP contribution in [0.5, 0.6) is 0 Å². The van der Waals surface area contributed by atoms with E-state index < -0.39 is 5.41 Å². The summed E-state index contributed by atoms with van der Waals surface area (Å²) >= 11 is 0. The van der Waals surface area contributed by atoms with Gasteiger partial charge < -0.3 is 14.2 Å². The third-order valence-electron chi connectivity index (χ3n) is 13.4. The van der Waals surface area contributed by atoms with Gasteiger partial charge in [0.25, 0.3) is 0 Å². The van der Waals surface area contributed by atoms with E-state index in [2.05, 4.69) is 252 Å².